The maximum absolute atomic E-state index is 13.6. The van der Waals surface area contributed by atoms with Crippen molar-refractivity contribution in [3.05, 3.63) is 46.7 Å². The first-order valence-electron chi connectivity index (χ1n) is 5.73. The molecule has 1 amide bonds. The minimum absolute atomic E-state index is 0.210. The molecule has 1 aromatic heterocycles. The van der Waals surface area contributed by atoms with E-state index >= 15 is 0 Å². The van der Waals surface area contributed by atoms with Crippen molar-refractivity contribution in [3.63, 3.8) is 0 Å². The summed E-state index contributed by atoms with van der Waals surface area (Å²) in [5.74, 6) is 0.191. The van der Waals surface area contributed by atoms with Gasteiger partial charge in [-0.15, -0.1) is 10.2 Å². The number of anilines is 1. The van der Waals surface area contributed by atoms with E-state index in [9.17, 15) is 9.18 Å². The zero-order valence-electron chi connectivity index (χ0n) is 10.6. The van der Waals surface area contributed by atoms with E-state index < -0.39 is 0 Å². The number of halogens is 2. The second-order valence-electron chi connectivity index (χ2n) is 3.93. The fraction of sp³-hybridized carbons (Fsp3) is 0.154. The summed E-state index contributed by atoms with van der Waals surface area (Å²) < 4.78 is 13.6. The molecular formula is C13H11ClFN3OS. The summed E-state index contributed by atoms with van der Waals surface area (Å²) in [6, 6.07) is 7.92. The molecule has 0 bridgehead atoms. The minimum Gasteiger partial charge on any atom is -0.309 e. The van der Waals surface area contributed by atoms with Crippen LogP contribution in [0.5, 0.6) is 0 Å². The van der Waals surface area contributed by atoms with Crippen LogP contribution in [-0.2, 0) is 10.5 Å². The fourth-order valence-corrected chi connectivity index (χ4v) is 2.62. The highest BCUT2D eigenvalue weighted by Gasteiger charge is 2.08. The maximum Gasteiger partial charge on any atom is 0.222 e. The van der Waals surface area contributed by atoms with Gasteiger partial charge >= 0.3 is 0 Å². The van der Waals surface area contributed by atoms with Gasteiger partial charge in [0, 0.05) is 23.3 Å². The Hall–Kier alpha value is -1.66. The molecule has 20 heavy (non-hydrogen) atoms. The summed E-state index contributed by atoms with van der Waals surface area (Å²) >= 11 is 7.26. The molecule has 7 heteroatoms. The SMILES string of the molecule is CC(=O)Nc1ccc(SCc2c(F)cccc2Cl)nn1. The van der Waals surface area contributed by atoms with E-state index in [1.807, 2.05) is 0 Å². The number of carbonyl (C=O) groups is 1. The van der Waals surface area contributed by atoms with Gasteiger partial charge in [0.25, 0.3) is 0 Å². The predicted octanol–water partition coefficient (Wildman–Crippen LogP) is 3.52. The van der Waals surface area contributed by atoms with Gasteiger partial charge in [-0.25, -0.2) is 4.39 Å². The third kappa shape index (κ3) is 3.91. The molecule has 0 aliphatic carbocycles. The van der Waals surface area contributed by atoms with Crippen molar-refractivity contribution >= 4 is 35.1 Å². The van der Waals surface area contributed by atoms with E-state index in [-0.39, 0.29) is 11.7 Å². The first kappa shape index (κ1) is 14.7. The lowest BCUT2D eigenvalue weighted by Crippen LogP contribution is -2.07. The molecule has 1 N–H and O–H groups in total. The van der Waals surface area contributed by atoms with E-state index in [4.69, 9.17) is 11.6 Å². The summed E-state index contributed by atoms with van der Waals surface area (Å²) in [5, 5.41) is 11.3. The summed E-state index contributed by atoms with van der Waals surface area (Å²) in [5.41, 5.74) is 0.437. The number of hydrogen-bond donors (Lipinski definition) is 1. The van der Waals surface area contributed by atoms with Crippen molar-refractivity contribution in [3.8, 4) is 0 Å². The van der Waals surface area contributed by atoms with Gasteiger partial charge in [-0.1, -0.05) is 29.4 Å². The predicted molar refractivity (Wildman–Crippen MR) is 77.3 cm³/mol. The zero-order valence-corrected chi connectivity index (χ0v) is 12.1. The van der Waals surface area contributed by atoms with Crippen molar-refractivity contribution in [1.29, 1.82) is 0 Å². The Morgan fingerprint density at radius 3 is 2.75 bits per heavy atom. The molecule has 0 atom stereocenters. The van der Waals surface area contributed by atoms with Crippen LogP contribution in [0.4, 0.5) is 10.2 Å². The molecule has 4 nitrogen and oxygen atoms in total. The lowest BCUT2D eigenvalue weighted by Gasteiger charge is -2.05. The minimum atomic E-state index is -0.340. The van der Waals surface area contributed by atoms with Gasteiger partial charge in [-0.05, 0) is 24.3 Å². The number of carbonyl (C=O) groups excluding carboxylic acids is 1. The summed E-state index contributed by atoms with van der Waals surface area (Å²) in [6.45, 7) is 1.39. The van der Waals surface area contributed by atoms with Crippen molar-refractivity contribution in [1.82, 2.24) is 10.2 Å². The summed E-state index contributed by atoms with van der Waals surface area (Å²) in [6.07, 6.45) is 0. The van der Waals surface area contributed by atoms with Gasteiger partial charge < -0.3 is 5.32 Å². The van der Waals surface area contributed by atoms with E-state index in [0.717, 1.165) is 0 Å². The van der Waals surface area contributed by atoms with Crippen LogP contribution in [-0.4, -0.2) is 16.1 Å². The van der Waals surface area contributed by atoms with E-state index in [1.165, 1.54) is 24.8 Å². The molecule has 0 unspecified atom stereocenters. The van der Waals surface area contributed by atoms with Crippen LogP contribution >= 0.6 is 23.4 Å². The third-order valence-corrected chi connectivity index (χ3v) is 3.67. The highest BCUT2D eigenvalue weighted by Crippen LogP contribution is 2.27. The molecule has 0 saturated heterocycles. The highest BCUT2D eigenvalue weighted by molar-refractivity contribution is 7.98. The van der Waals surface area contributed by atoms with Crippen molar-refractivity contribution in [2.45, 2.75) is 17.7 Å². The first-order valence-corrected chi connectivity index (χ1v) is 7.09. The van der Waals surface area contributed by atoms with Crippen molar-refractivity contribution < 1.29 is 9.18 Å². The molecule has 104 valence electrons. The average molecular weight is 312 g/mol. The first-order chi connectivity index (χ1) is 9.56. The quantitative estimate of drug-likeness (QED) is 0.878. The second kappa shape index (κ2) is 6.67. The molecule has 0 aliphatic rings. The number of rotatable bonds is 4. The van der Waals surface area contributed by atoms with Crippen LogP contribution in [0.1, 0.15) is 12.5 Å². The number of nitrogens with zero attached hydrogens (tertiary/aromatic N) is 2. The Kier molecular flexibility index (Phi) is 4.92. The number of aromatic nitrogens is 2. The number of amides is 1. The van der Waals surface area contributed by atoms with Gasteiger partial charge in [0.05, 0.1) is 0 Å². The molecule has 2 rings (SSSR count). The molecule has 0 aliphatic heterocycles. The molecule has 1 aromatic carbocycles. The van der Waals surface area contributed by atoms with Crippen LogP contribution in [0.3, 0.4) is 0 Å². The smallest absolute Gasteiger partial charge is 0.222 e. The van der Waals surface area contributed by atoms with Crippen molar-refractivity contribution in [2.75, 3.05) is 5.32 Å². The van der Waals surface area contributed by atoms with Gasteiger partial charge in [0.15, 0.2) is 5.82 Å². The van der Waals surface area contributed by atoms with Crippen LogP contribution < -0.4 is 5.32 Å². The van der Waals surface area contributed by atoms with E-state index in [2.05, 4.69) is 15.5 Å². The van der Waals surface area contributed by atoms with E-state index in [0.29, 0.717) is 27.2 Å². The van der Waals surface area contributed by atoms with Gasteiger partial charge in [-0.3, -0.25) is 4.79 Å². The van der Waals surface area contributed by atoms with E-state index in [1.54, 1.807) is 24.3 Å². The highest BCUT2D eigenvalue weighted by atomic mass is 35.5. The summed E-state index contributed by atoms with van der Waals surface area (Å²) in [7, 11) is 0. The Morgan fingerprint density at radius 1 is 1.35 bits per heavy atom. The van der Waals surface area contributed by atoms with Crippen LogP contribution in [0, 0.1) is 5.82 Å². The number of nitrogens with one attached hydrogen (secondary N) is 1. The molecule has 0 fully saturated rings. The van der Waals surface area contributed by atoms with Gasteiger partial charge in [0.1, 0.15) is 10.8 Å². The number of hydrogen-bond acceptors (Lipinski definition) is 4. The number of thioether (sulfide) groups is 1. The maximum atomic E-state index is 13.6. The molecular weight excluding hydrogens is 301 g/mol. The lowest BCUT2D eigenvalue weighted by molar-refractivity contribution is -0.114. The normalized spacial score (nSPS) is 10.3. The third-order valence-electron chi connectivity index (χ3n) is 2.37. The Morgan fingerprint density at radius 2 is 2.15 bits per heavy atom. The standard InChI is InChI=1S/C13H11ClFN3OS/c1-8(19)16-12-5-6-13(18-17-12)20-7-9-10(14)3-2-4-11(9)15/h2-6H,7H2,1H3,(H,16,17,19). The van der Waals surface area contributed by atoms with Gasteiger partial charge in [-0.2, -0.15) is 0 Å². The zero-order chi connectivity index (χ0) is 14.5. The topological polar surface area (TPSA) is 54.9 Å². The van der Waals surface area contributed by atoms with Crippen LogP contribution in [0.2, 0.25) is 5.02 Å². The van der Waals surface area contributed by atoms with Gasteiger partial charge in [0.2, 0.25) is 5.91 Å². The molecule has 0 saturated carbocycles. The second-order valence-corrected chi connectivity index (χ2v) is 5.33. The molecule has 0 radical (unpaired) electrons. The van der Waals surface area contributed by atoms with Crippen molar-refractivity contribution in [2.24, 2.45) is 0 Å². The summed E-state index contributed by atoms with van der Waals surface area (Å²) in [4.78, 5) is 10.8. The number of benzene rings is 1. The molecule has 0 spiro atoms. The Balaban J connectivity index is 2.02. The monoisotopic (exact) mass is 311 g/mol. The lowest BCUT2D eigenvalue weighted by atomic mass is 10.2. The largest absolute Gasteiger partial charge is 0.309 e. The Labute approximate surface area is 124 Å². The molecule has 2 aromatic rings. The fourth-order valence-electron chi connectivity index (χ4n) is 1.46. The van der Waals surface area contributed by atoms with Crippen LogP contribution in [0.15, 0.2) is 35.4 Å². The Bertz CT molecular complexity index is 601. The average Bonchev–Trinajstić information content (AvgIpc) is 2.39. The molecule has 1 heterocycles. The van der Waals surface area contributed by atoms with Crippen LogP contribution in [0.25, 0.3) is 0 Å².